The van der Waals surface area contributed by atoms with E-state index in [9.17, 15) is 4.79 Å². The van der Waals surface area contributed by atoms with E-state index in [4.69, 9.17) is 16.3 Å². The Morgan fingerprint density at radius 1 is 1.29 bits per heavy atom. The lowest BCUT2D eigenvalue weighted by molar-refractivity contribution is 0.0925. The number of rotatable bonds is 4. The second kappa shape index (κ2) is 5.34. The SMILES string of the molecule is Cc1ccsc1C(=O)COc1ccc(Cl)cc1. The summed E-state index contributed by atoms with van der Waals surface area (Å²) in [5, 5.41) is 2.56. The molecular weight excluding hydrogens is 256 g/mol. The molecule has 0 amide bonds. The van der Waals surface area contributed by atoms with Gasteiger partial charge in [0, 0.05) is 5.02 Å². The molecule has 2 aromatic rings. The van der Waals surface area contributed by atoms with Crippen molar-refractivity contribution in [2.75, 3.05) is 6.61 Å². The van der Waals surface area contributed by atoms with Crippen LogP contribution in [0.2, 0.25) is 5.02 Å². The molecule has 0 radical (unpaired) electrons. The highest BCUT2D eigenvalue weighted by Gasteiger charge is 2.11. The first-order valence-corrected chi connectivity index (χ1v) is 6.38. The number of carbonyl (C=O) groups is 1. The van der Waals surface area contributed by atoms with E-state index in [1.165, 1.54) is 11.3 Å². The average molecular weight is 267 g/mol. The van der Waals surface area contributed by atoms with E-state index in [0.717, 1.165) is 10.4 Å². The number of hydrogen-bond donors (Lipinski definition) is 0. The Bertz CT molecular complexity index is 516. The summed E-state index contributed by atoms with van der Waals surface area (Å²) in [6.45, 7) is 1.98. The van der Waals surface area contributed by atoms with Crippen LogP contribution in [0.15, 0.2) is 35.7 Å². The van der Waals surface area contributed by atoms with Crippen molar-refractivity contribution in [3.63, 3.8) is 0 Å². The van der Waals surface area contributed by atoms with E-state index in [2.05, 4.69) is 0 Å². The molecule has 0 saturated heterocycles. The molecule has 2 rings (SSSR count). The number of Topliss-reactive ketones (excluding diaryl/α,β-unsaturated/α-hetero) is 1. The van der Waals surface area contributed by atoms with Gasteiger partial charge in [-0.1, -0.05) is 11.6 Å². The molecule has 1 aromatic heterocycles. The van der Waals surface area contributed by atoms with Gasteiger partial charge < -0.3 is 4.74 Å². The van der Waals surface area contributed by atoms with Gasteiger partial charge in [0.05, 0.1) is 4.88 Å². The zero-order chi connectivity index (χ0) is 12.3. The molecule has 1 heterocycles. The van der Waals surface area contributed by atoms with Crippen LogP contribution in [-0.2, 0) is 0 Å². The van der Waals surface area contributed by atoms with E-state index in [1.807, 2.05) is 18.4 Å². The van der Waals surface area contributed by atoms with Gasteiger partial charge in [0.15, 0.2) is 6.61 Å². The lowest BCUT2D eigenvalue weighted by Gasteiger charge is -2.04. The van der Waals surface area contributed by atoms with Gasteiger partial charge in [-0.3, -0.25) is 4.79 Å². The minimum atomic E-state index is 0.00690. The van der Waals surface area contributed by atoms with E-state index >= 15 is 0 Å². The zero-order valence-electron chi connectivity index (χ0n) is 9.27. The second-order valence-electron chi connectivity index (χ2n) is 3.60. The Balaban J connectivity index is 1.97. The molecule has 4 heteroatoms. The molecule has 2 nitrogen and oxygen atoms in total. The largest absolute Gasteiger partial charge is 0.485 e. The van der Waals surface area contributed by atoms with Crippen LogP contribution in [0.1, 0.15) is 15.2 Å². The predicted molar refractivity (Wildman–Crippen MR) is 70.3 cm³/mol. The van der Waals surface area contributed by atoms with Crippen LogP contribution < -0.4 is 4.74 Å². The Kier molecular flexibility index (Phi) is 3.82. The van der Waals surface area contributed by atoms with Gasteiger partial charge in [-0.25, -0.2) is 0 Å². The monoisotopic (exact) mass is 266 g/mol. The predicted octanol–water partition coefficient (Wildman–Crippen LogP) is 3.97. The summed E-state index contributed by atoms with van der Waals surface area (Å²) >= 11 is 7.20. The molecule has 0 bridgehead atoms. The summed E-state index contributed by atoms with van der Waals surface area (Å²) in [6.07, 6.45) is 0. The van der Waals surface area contributed by atoms with Gasteiger partial charge in [-0.15, -0.1) is 11.3 Å². The molecule has 0 unspecified atom stereocenters. The van der Waals surface area contributed by atoms with Crippen LogP contribution in [0.3, 0.4) is 0 Å². The van der Waals surface area contributed by atoms with Crippen LogP contribution in [-0.4, -0.2) is 12.4 Å². The molecule has 0 aliphatic carbocycles. The minimum Gasteiger partial charge on any atom is -0.485 e. The maximum atomic E-state index is 11.8. The molecule has 1 aromatic carbocycles. The average Bonchev–Trinajstić information content (AvgIpc) is 2.74. The third kappa shape index (κ3) is 3.08. The number of hydrogen-bond acceptors (Lipinski definition) is 3. The van der Waals surface area contributed by atoms with Gasteiger partial charge in [0.25, 0.3) is 0 Å². The van der Waals surface area contributed by atoms with Gasteiger partial charge in [0.1, 0.15) is 5.75 Å². The molecule has 0 N–H and O–H groups in total. The maximum Gasteiger partial charge on any atom is 0.210 e. The normalized spacial score (nSPS) is 10.2. The molecule has 17 heavy (non-hydrogen) atoms. The summed E-state index contributed by atoms with van der Waals surface area (Å²) < 4.78 is 5.40. The molecule has 0 aliphatic heterocycles. The Morgan fingerprint density at radius 2 is 2.00 bits per heavy atom. The van der Waals surface area contributed by atoms with Gasteiger partial charge >= 0.3 is 0 Å². The number of ketones is 1. The Labute approximate surface area is 109 Å². The van der Waals surface area contributed by atoms with Crippen LogP contribution in [0.4, 0.5) is 0 Å². The third-order valence-corrected chi connectivity index (χ3v) is 3.61. The number of benzene rings is 1. The molecular formula is C13H11ClO2S. The lowest BCUT2D eigenvalue weighted by atomic mass is 10.2. The summed E-state index contributed by atoms with van der Waals surface area (Å²) in [5.41, 5.74) is 1.000. The van der Waals surface area contributed by atoms with Crippen molar-refractivity contribution in [3.05, 3.63) is 51.2 Å². The first kappa shape index (κ1) is 12.1. The van der Waals surface area contributed by atoms with Crippen molar-refractivity contribution in [3.8, 4) is 5.75 Å². The number of thiophene rings is 1. The van der Waals surface area contributed by atoms with Crippen molar-refractivity contribution in [2.24, 2.45) is 0 Å². The fourth-order valence-electron chi connectivity index (χ4n) is 1.40. The van der Waals surface area contributed by atoms with E-state index in [-0.39, 0.29) is 12.4 Å². The first-order chi connectivity index (χ1) is 8.16. The highest BCUT2D eigenvalue weighted by atomic mass is 35.5. The Morgan fingerprint density at radius 3 is 2.59 bits per heavy atom. The molecule has 0 atom stereocenters. The standard InChI is InChI=1S/C13H11ClO2S/c1-9-6-7-17-13(9)12(15)8-16-11-4-2-10(14)3-5-11/h2-7H,8H2,1H3. The highest BCUT2D eigenvalue weighted by Crippen LogP contribution is 2.18. The van der Waals surface area contributed by atoms with Crippen molar-refractivity contribution in [1.29, 1.82) is 0 Å². The lowest BCUT2D eigenvalue weighted by Crippen LogP contribution is -2.10. The van der Waals surface area contributed by atoms with Crippen molar-refractivity contribution >= 4 is 28.7 Å². The van der Waals surface area contributed by atoms with Gasteiger partial charge in [-0.05, 0) is 48.2 Å². The van der Waals surface area contributed by atoms with E-state index < -0.39 is 0 Å². The maximum absolute atomic E-state index is 11.8. The smallest absolute Gasteiger partial charge is 0.210 e. The quantitative estimate of drug-likeness (QED) is 0.783. The number of halogens is 1. The van der Waals surface area contributed by atoms with Crippen molar-refractivity contribution in [1.82, 2.24) is 0 Å². The molecule has 88 valence electrons. The fourth-order valence-corrected chi connectivity index (χ4v) is 2.38. The third-order valence-electron chi connectivity index (χ3n) is 2.30. The zero-order valence-corrected chi connectivity index (χ0v) is 10.8. The van der Waals surface area contributed by atoms with Gasteiger partial charge in [-0.2, -0.15) is 0 Å². The van der Waals surface area contributed by atoms with Crippen LogP contribution >= 0.6 is 22.9 Å². The number of ether oxygens (including phenoxy) is 1. The number of aryl methyl sites for hydroxylation is 1. The van der Waals surface area contributed by atoms with E-state index in [1.54, 1.807) is 24.3 Å². The molecule has 0 fully saturated rings. The first-order valence-electron chi connectivity index (χ1n) is 5.12. The summed E-state index contributed by atoms with van der Waals surface area (Å²) in [4.78, 5) is 12.6. The van der Waals surface area contributed by atoms with Crippen LogP contribution in [0.25, 0.3) is 0 Å². The van der Waals surface area contributed by atoms with Crippen molar-refractivity contribution in [2.45, 2.75) is 6.92 Å². The second-order valence-corrected chi connectivity index (χ2v) is 4.95. The summed E-state index contributed by atoms with van der Waals surface area (Å²) in [5.74, 6) is 0.657. The number of carbonyl (C=O) groups excluding carboxylic acids is 1. The molecule has 0 aliphatic rings. The van der Waals surface area contributed by atoms with Crippen molar-refractivity contribution < 1.29 is 9.53 Å². The topological polar surface area (TPSA) is 26.3 Å². The molecule has 0 spiro atoms. The fraction of sp³-hybridized carbons (Fsp3) is 0.154. The summed E-state index contributed by atoms with van der Waals surface area (Å²) in [6, 6.07) is 8.89. The van der Waals surface area contributed by atoms with E-state index in [0.29, 0.717) is 10.8 Å². The van der Waals surface area contributed by atoms with Crippen LogP contribution in [0.5, 0.6) is 5.75 Å². The minimum absolute atomic E-state index is 0.00690. The molecule has 0 saturated carbocycles. The van der Waals surface area contributed by atoms with Crippen LogP contribution in [0, 0.1) is 6.92 Å². The highest BCUT2D eigenvalue weighted by molar-refractivity contribution is 7.12. The summed E-state index contributed by atoms with van der Waals surface area (Å²) in [7, 11) is 0. The van der Waals surface area contributed by atoms with Gasteiger partial charge in [0.2, 0.25) is 5.78 Å². The Hall–Kier alpha value is -1.32.